The Labute approximate surface area is 155 Å². The van der Waals surface area contributed by atoms with Gasteiger partial charge in [-0.25, -0.2) is 4.68 Å². The molecule has 142 valence electrons. The monoisotopic (exact) mass is 372 g/mol. The number of amides is 1. The van der Waals surface area contributed by atoms with Gasteiger partial charge < -0.3 is 10.0 Å². The van der Waals surface area contributed by atoms with Gasteiger partial charge in [0.05, 0.1) is 10.3 Å². The van der Waals surface area contributed by atoms with Gasteiger partial charge in [-0.15, -0.1) is 0 Å². The van der Waals surface area contributed by atoms with E-state index in [0.717, 1.165) is 0 Å². The lowest BCUT2D eigenvalue weighted by Gasteiger charge is -2.28. The molecule has 1 saturated heterocycles. The summed E-state index contributed by atoms with van der Waals surface area (Å²) < 4.78 is 1.29. The first-order chi connectivity index (χ1) is 12.8. The standard InChI is InChI=1S/C18H20N4O5/c1-12(2)18(17(24)25)8-10-20(11-18)16(23)13-7-9-21(19-13)14-5-3-4-6-15(14)22(26)27/h3-7,9,12H,8,10-11H2,1-2H3,(H,24,25). The van der Waals surface area contributed by atoms with E-state index in [-0.39, 0.29) is 35.4 Å². The van der Waals surface area contributed by atoms with Crippen molar-refractivity contribution in [2.45, 2.75) is 20.3 Å². The Morgan fingerprint density at radius 2 is 2.00 bits per heavy atom. The third-order valence-electron chi connectivity index (χ3n) is 5.25. The van der Waals surface area contributed by atoms with Crippen LogP contribution < -0.4 is 0 Å². The number of likely N-dealkylation sites (tertiary alicyclic amines) is 1. The molecule has 3 rings (SSSR count). The summed E-state index contributed by atoms with van der Waals surface area (Å²) in [5.74, 6) is -1.40. The van der Waals surface area contributed by atoms with Gasteiger partial charge in [-0.3, -0.25) is 19.7 Å². The van der Waals surface area contributed by atoms with Crippen LogP contribution in [0.5, 0.6) is 0 Å². The van der Waals surface area contributed by atoms with Crippen molar-refractivity contribution in [3.63, 3.8) is 0 Å². The Morgan fingerprint density at radius 1 is 1.30 bits per heavy atom. The second kappa shape index (κ2) is 6.82. The van der Waals surface area contributed by atoms with E-state index < -0.39 is 16.3 Å². The van der Waals surface area contributed by atoms with Crippen LogP contribution in [0.1, 0.15) is 30.8 Å². The molecule has 1 aromatic heterocycles. The maximum absolute atomic E-state index is 12.8. The first-order valence-electron chi connectivity index (χ1n) is 8.58. The van der Waals surface area contributed by atoms with E-state index in [4.69, 9.17) is 0 Å². The zero-order chi connectivity index (χ0) is 19.8. The second-order valence-electron chi connectivity index (χ2n) is 6.98. The molecule has 9 heteroatoms. The van der Waals surface area contributed by atoms with Crippen LogP contribution in [-0.4, -0.2) is 49.7 Å². The SMILES string of the molecule is CC(C)C1(C(=O)O)CCN(C(=O)c2ccn(-c3ccccc3[N+](=O)[O-])n2)C1. The summed E-state index contributed by atoms with van der Waals surface area (Å²) in [6.45, 7) is 4.13. The number of carbonyl (C=O) groups excluding carboxylic acids is 1. The lowest BCUT2D eigenvalue weighted by molar-refractivity contribution is -0.384. The molecule has 2 aromatic rings. The van der Waals surface area contributed by atoms with Gasteiger partial charge in [0, 0.05) is 25.4 Å². The Kier molecular flexibility index (Phi) is 4.69. The maximum atomic E-state index is 12.8. The molecule has 1 N–H and O–H groups in total. The Balaban J connectivity index is 1.85. The number of aliphatic carboxylic acids is 1. The molecule has 0 saturated carbocycles. The van der Waals surface area contributed by atoms with Crippen molar-refractivity contribution < 1.29 is 19.6 Å². The van der Waals surface area contributed by atoms with Crippen LogP contribution in [0.2, 0.25) is 0 Å². The third kappa shape index (κ3) is 3.16. The number of hydrogen-bond acceptors (Lipinski definition) is 5. The van der Waals surface area contributed by atoms with Crippen LogP contribution in [0.4, 0.5) is 5.69 Å². The lowest BCUT2D eigenvalue weighted by atomic mass is 9.76. The van der Waals surface area contributed by atoms with Gasteiger partial charge in [0.15, 0.2) is 5.69 Å². The average molecular weight is 372 g/mol. The summed E-state index contributed by atoms with van der Waals surface area (Å²) in [6, 6.07) is 7.59. The average Bonchev–Trinajstić information content (AvgIpc) is 3.29. The van der Waals surface area contributed by atoms with E-state index in [1.54, 1.807) is 18.2 Å². The predicted molar refractivity (Wildman–Crippen MR) is 95.6 cm³/mol. The largest absolute Gasteiger partial charge is 0.481 e. The van der Waals surface area contributed by atoms with E-state index in [2.05, 4.69) is 5.10 Å². The topological polar surface area (TPSA) is 119 Å². The van der Waals surface area contributed by atoms with Gasteiger partial charge in [-0.1, -0.05) is 26.0 Å². The van der Waals surface area contributed by atoms with Crippen molar-refractivity contribution in [1.82, 2.24) is 14.7 Å². The van der Waals surface area contributed by atoms with Gasteiger partial charge in [-0.05, 0) is 24.5 Å². The summed E-state index contributed by atoms with van der Waals surface area (Å²) >= 11 is 0. The van der Waals surface area contributed by atoms with E-state index >= 15 is 0 Å². The van der Waals surface area contributed by atoms with Crippen molar-refractivity contribution in [2.75, 3.05) is 13.1 Å². The van der Waals surface area contributed by atoms with Crippen LogP contribution in [0, 0.1) is 21.4 Å². The number of carboxylic acids is 1. The molecule has 0 aliphatic carbocycles. The lowest BCUT2D eigenvalue weighted by Crippen LogP contribution is -2.40. The molecular weight excluding hydrogens is 352 g/mol. The van der Waals surface area contributed by atoms with Crippen molar-refractivity contribution in [3.8, 4) is 5.69 Å². The first kappa shape index (κ1) is 18.6. The van der Waals surface area contributed by atoms with E-state index in [1.807, 2.05) is 13.8 Å². The molecule has 1 aromatic carbocycles. The molecule has 1 amide bonds. The highest BCUT2D eigenvalue weighted by Crippen LogP contribution is 2.38. The van der Waals surface area contributed by atoms with Crippen molar-refractivity contribution in [3.05, 3.63) is 52.3 Å². The highest BCUT2D eigenvalue weighted by molar-refractivity contribution is 5.93. The van der Waals surface area contributed by atoms with Crippen LogP contribution in [0.3, 0.4) is 0 Å². The normalized spacial score (nSPS) is 19.4. The summed E-state index contributed by atoms with van der Waals surface area (Å²) in [5, 5.41) is 25.0. The molecule has 1 unspecified atom stereocenters. The molecule has 1 atom stereocenters. The van der Waals surface area contributed by atoms with Crippen LogP contribution in [0.25, 0.3) is 5.69 Å². The van der Waals surface area contributed by atoms with Gasteiger partial charge in [0.25, 0.3) is 11.6 Å². The Morgan fingerprint density at radius 3 is 2.59 bits per heavy atom. The summed E-state index contributed by atoms with van der Waals surface area (Å²) in [4.78, 5) is 36.7. The summed E-state index contributed by atoms with van der Waals surface area (Å²) in [7, 11) is 0. The molecule has 0 bridgehead atoms. The zero-order valence-corrected chi connectivity index (χ0v) is 15.0. The number of nitro groups is 1. The molecule has 1 aliphatic rings. The van der Waals surface area contributed by atoms with E-state index in [1.165, 1.54) is 27.9 Å². The van der Waals surface area contributed by atoms with E-state index in [9.17, 15) is 24.8 Å². The number of nitrogens with zero attached hydrogens (tertiary/aromatic N) is 4. The molecule has 27 heavy (non-hydrogen) atoms. The van der Waals surface area contributed by atoms with Gasteiger partial charge in [0.1, 0.15) is 5.69 Å². The summed E-state index contributed by atoms with van der Waals surface area (Å²) in [6.07, 6.45) is 1.87. The van der Waals surface area contributed by atoms with Crippen LogP contribution in [-0.2, 0) is 4.79 Å². The van der Waals surface area contributed by atoms with Gasteiger partial charge >= 0.3 is 5.97 Å². The first-order valence-corrected chi connectivity index (χ1v) is 8.58. The smallest absolute Gasteiger partial charge is 0.311 e. The minimum atomic E-state index is -0.962. The summed E-state index contributed by atoms with van der Waals surface area (Å²) in [5.41, 5.74) is -0.704. The van der Waals surface area contributed by atoms with Crippen molar-refractivity contribution in [1.29, 1.82) is 0 Å². The van der Waals surface area contributed by atoms with Crippen LogP contribution >= 0.6 is 0 Å². The van der Waals surface area contributed by atoms with Crippen LogP contribution in [0.15, 0.2) is 36.5 Å². The minimum Gasteiger partial charge on any atom is -0.481 e. The number of carboxylic acid groups (broad SMARTS) is 1. The number of benzene rings is 1. The van der Waals surface area contributed by atoms with Gasteiger partial charge in [0.2, 0.25) is 0 Å². The van der Waals surface area contributed by atoms with E-state index in [0.29, 0.717) is 13.0 Å². The Bertz CT molecular complexity index is 907. The Hall–Kier alpha value is -3.23. The minimum absolute atomic E-state index is 0.114. The number of aromatic nitrogens is 2. The molecule has 9 nitrogen and oxygen atoms in total. The zero-order valence-electron chi connectivity index (χ0n) is 15.0. The molecule has 1 fully saturated rings. The number of para-hydroxylation sites is 2. The van der Waals surface area contributed by atoms with Crippen molar-refractivity contribution >= 4 is 17.6 Å². The third-order valence-corrected chi connectivity index (χ3v) is 5.25. The molecule has 0 spiro atoms. The highest BCUT2D eigenvalue weighted by Gasteiger charge is 2.48. The second-order valence-corrected chi connectivity index (χ2v) is 6.98. The molecule has 1 aliphatic heterocycles. The number of hydrogen-bond donors (Lipinski definition) is 1. The quantitative estimate of drug-likeness (QED) is 0.636. The number of carbonyl (C=O) groups is 2. The molecule has 0 radical (unpaired) electrons. The predicted octanol–water partition coefficient (Wildman–Crippen LogP) is 2.35. The molecule has 2 heterocycles. The molecular formula is C18H20N4O5. The van der Waals surface area contributed by atoms with Gasteiger partial charge in [-0.2, -0.15) is 5.10 Å². The fourth-order valence-corrected chi connectivity index (χ4v) is 3.45. The fourth-order valence-electron chi connectivity index (χ4n) is 3.45. The fraction of sp³-hybridized carbons (Fsp3) is 0.389. The maximum Gasteiger partial charge on any atom is 0.311 e. The van der Waals surface area contributed by atoms with Crippen molar-refractivity contribution in [2.24, 2.45) is 11.3 Å². The number of nitro benzene ring substituents is 1. The number of rotatable bonds is 5. The highest BCUT2D eigenvalue weighted by atomic mass is 16.6.